The molecule has 1 aliphatic carbocycles. The lowest BCUT2D eigenvalue weighted by atomic mass is 10.0. The monoisotopic (exact) mass is 416 g/mol. The molecule has 1 amide bonds. The molecule has 0 radical (unpaired) electrons. The van der Waals surface area contributed by atoms with Crippen molar-refractivity contribution in [3.8, 4) is 5.75 Å². The average Bonchev–Trinajstić information content (AvgIpc) is 3.50. The molecule has 156 valence electrons. The largest absolute Gasteiger partial charge is 0.494 e. The average molecular weight is 417 g/mol. The number of carbonyl (C=O) groups excluding carboxylic acids is 1. The van der Waals surface area contributed by atoms with Crippen molar-refractivity contribution in [1.82, 2.24) is 10.2 Å². The molecule has 1 saturated carbocycles. The van der Waals surface area contributed by atoms with Crippen LogP contribution >= 0.6 is 0 Å². The van der Waals surface area contributed by atoms with E-state index in [0.29, 0.717) is 31.4 Å². The summed E-state index contributed by atoms with van der Waals surface area (Å²) in [6.07, 6.45) is 3.99. The molecule has 0 spiro atoms. The molecular weight excluding hydrogens is 388 g/mol. The number of rotatable bonds is 10. The summed E-state index contributed by atoms with van der Waals surface area (Å²) >= 11 is 0. The van der Waals surface area contributed by atoms with Gasteiger partial charge in [-0.3, -0.25) is 9.69 Å². The fourth-order valence-electron chi connectivity index (χ4n) is 3.18. The number of carbonyl (C=O) groups is 1. The first-order valence-corrected chi connectivity index (χ1v) is 11.7. The maximum Gasteiger partial charge on any atom is 0.242 e. The number of hydrogen-bond acceptors (Lipinski definition) is 5. The molecule has 1 fully saturated rings. The molecular formula is C22H28N2O4S. The van der Waals surface area contributed by atoms with Gasteiger partial charge in [-0.2, -0.15) is 0 Å². The van der Waals surface area contributed by atoms with Gasteiger partial charge in [0.15, 0.2) is 9.84 Å². The standard InChI is InChI=1S/C22H28N2O4S/c1-24(14-7-15-28-19-10-6-11-20(16-19)29(2,26)27)21(17-8-4-3-5-9-17)22(25)23-18-12-13-18/h3-6,8-11,16,18,21H,7,12-15H2,1-2H3,(H,23,25). The summed E-state index contributed by atoms with van der Waals surface area (Å²) in [5, 5.41) is 3.10. The lowest BCUT2D eigenvalue weighted by Gasteiger charge is -2.27. The van der Waals surface area contributed by atoms with Gasteiger partial charge in [0.2, 0.25) is 5.91 Å². The summed E-state index contributed by atoms with van der Waals surface area (Å²) in [7, 11) is -1.32. The Hall–Kier alpha value is -2.38. The molecule has 2 aromatic rings. The van der Waals surface area contributed by atoms with E-state index in [2.05, 4.69) is 5.32 Å². The number of nitrogens with one attached hydrogen (secondary N) is 1. The number of sulfone groups is 1. The van der Waals surface area contributed by atoms with Crippen molar-refractivity contribution in [2.24, 2.45) is 0 Å². The van der Waals surface area contributed by atoms with Gasteiger partial charge in [-0.1, -0.05) is 36.4 Å². The van der Waals surface area contributed by atoms with Crippen LogP contribution in [0.15, 0.2) is 59.5 Å². The quantitative estimate of drug-likeness (QED) is 0.603. The first kappa shape index (κ1) is 21.3. The predicted molar refractivity (Wildman–Crippen MR) is 113 cm³/mol. The summed E-state index contributed by atoms with van der Waals surface area (Å²) in [4.78, 5) is 15.1. The smallest absolute Gasteiger partial charge is 0.242 e. The highest BCUT2D eigenvalue weighted by Crippen LogP contribution is 2.24. The third kappa shape index (κ3) is 6.30. The Labute approximate surface area is 172 Å². The molecule has 6 nitrogen and oxygen atoms in total. The van der Waals surface area contributed by atoms with Crippen molar-refractivity contribution in [2.45, 2.75) is 36.2 Å². The molecule has 0 aliphatic heterocycles. The Morgan fingerprint density at radius 2 is 1.90 bits per heavy atom. The van der Waals surface area contributed by atoms with E-state index in [9.17, 15) is 13.2 Å². The van der Waals surface area contributed by atoms with E-state index in [1.807, 2.05) is 42.3 Å². The minimum atomic E-state index is -3.26. The Morgan fingerprint density at radius 1 is 1.17 bits per heavy atom. The van der Waals surface area contributed by atoms with Gasteiger partial charge in [0, 0.05) is 18.8 Å². The third-order valence-electron chi connectivity index (χ3n) is 4.89. The first-order valence-electron chi connectivity index (χ1n) is 9.83. The Bertz CT molecular complexity index is 927. The molecule has 29 heavy (non-hydrogen) atoms. The maximum absolute atomic E-state index is 12.8. The van der Waals surface area contributed by atoms with Gasteiger partial charge in [-0.05, 0) is 50.1 Å². The molecule has 1 unspecified atom stereocenters. The van der Waals surface area contributed by atoms with Crippen molar-refractivity contribution in [3.05, 3.63) is 60.2 Å². The van der Waals surface area contributed by atoms with Gasteiger partial charge in [-0.25, -0.2) is 8.42 Å². The van der Waals surface area contributed by atoms with E-state index in [1.165, 1.54) is 12.3 Å². The highest BCUT2D eigenvalue weighted by Gasteiger charge is 2.30. The fourth-order valence-corrected chi connectivity index (χ4v) is 3.83. The lowest BCUT2D eigenvalue weighted by molar-refractivity contribution is -0.126. The second-order valence-electron chi connectivity index (χ2n) is 7.53. The van der Waals surface area contributed by atoms with E-state index in [4.69, 9.17) is 4.74 Å². The third-order valence-corrected chi connectivity index (χ3v) is 6.00. The molecule has 1 atom stereocenters. The lowest BCUT2D eigenvalue weighted by Crippen LogP contribution is -2.40. The van der Waals surface area contributed by atoms with Crippen LogP contribution in [0.25, 0.3) is 0 Å². The van der Waals surface area contributed by atoms with Gasteiger partial charge in [0.1, 0.15) is 11.8 Å². The van der Waals surface area contributed by atoms with Crippen molar-refractivity contribution in [2.75, 3.05) is 26.5 Å². The molecule has 0 bridgehead atoms. The van der Waals surface area contributed by atoms with Crippen LogP contribution in [-0.4, -0.2) is 51.7 Å². The molecule has 2 aromatic carbocycles. The van der Waals surface area contributed by atoms with Crippen LogP contribution in [0.5, 0.6) is 5.75 Å². The second kappa shape index (κ2) is 9.41. The van der Waals surface area contributed by atoms with E-state index >= 15 is 0 Å². The number of benzene rings is 2. The van der Waals surface area contributed by atoms with E-state index in [-0.39, 0.29) is 16.8 Å². The molecule has 7 heteroatoms. The van der Waals surface area contributed by atoms with Crippen LogP contribution in [0.3, 0.4) is 0 Å². The topological polar surface area (TPSA) is 75.7 Å². The van der Waals surface area contributed by atoms with Crippen LogP contribution < -0.4 is 10.1 Å². The van der Waals surface area contributed by atoms with Gasteiger partial charge < -0.3 is 10.1 Å². The normalized spacial score (nSPS) is 15.1. The van der Waals surface area contributed by atoms with Gasteiger partial charge in [0.25, 0.3) is 0 Å². The second-order valence-corrected chi connectivity index (χ2v) is 9.54. The first-order chi connectivity index (χ1) is 13.8. The predicted octanol–water partition coefficient (Wildman–Crippen LogP) is 2.81. The molecule has 0 heterocycles. The maximum atomic E-state index is 12.8. The van der Waals surface area contributed by atoms with Crippen LogP contribution in [0.4, 0.5) is 0 Å². The fraction of sp³-hybridized carbons (Fsp3) is 0.409. The summed E-state index contributed by atoms with van der Waals surface area (Å²) < 4.78 is 29.0. The summed E-state index contributed by atoms with van der Waals surface area (Å²) in [6.45, 7) is 1.10. The van der Waals surface area contributed by atoms with Gasteiger partial charge in [-0.15, -0.1) is 0 Å². The zero-order valence-electron chi connectivity index (χ0n) is 16.9. The number of likely N-dealkylation sites (N-methyl/N-ethyl adjacent to an activating group) is 1. The molecule has 1 N–H and O–H groups in total. The van der Waals surface area contributed by atoms with Crippen molar-refractivity contribution in [3.63, 3.8) is 0 Å². The molecule has 0 aromatic heterocycles. The highest BCUT2D eigenvalue weighted by molar-refractivity contribution is 7.90. The zero-order valence-corrected chi connectivity index (χ0v) is 17.7. The number of amides is 1. The summed E-state index contributed by atoms with van der Waals surface area (Å²) in [5.41, 5.74) is 0.968. The molecule has 0 saturated heterocycles. The number of nitrogens with zero attached hydrogens (tertiary/aromatic N) is 1. The van der Waals surface area contributed by atoms with Crippen LogP contribution in [0.1, 0.15) is 30.9 Å². The Balaban J connectivity index is 1.56. The van der Waals surface area contributed by atoms with E-state index in [1.54, 1.807) is 18.2 Å². The van der Waals surface area contributed by atoms with Crippen molar-refractivity contribution in [1.29, 1.82) is 0 Å². The highest BCUT2D eigenvalue weighted by atomic mass is 32.2. The van der Waals surface area contributed by atoms with E-state index < -0.39 is 9.84 Å². The summed E-state index contributed by atoms with van der Waals surface area (Å²) in [6, 6.07) is 16.3. The van der Waals surface area contributed by atoms with Crippen molar-refractivity contribution < 1.29 is 17.9 Å². The van der Waals surface area contributed by atoms with E-state index in [0.717, 1.165) is 18.4 Å². The van der Waals surface area contributed by atoms with Crippen LogP contribution in [-0.2, 0) is 14.6 Å². The number of hydrogen-bond donors (Lipinski definition) is 1. The van der Waals surface area contributed by atoms with Gasteiger partial charge >= 0.3 is 0 Å². The Morgan fingerprint density at radius 3 is 2.55 bits per heavy atom. The Kier molecular flexibility index (Phi) is 6.92. The molecule has 1 aliphatic rings. The number of ether oxygens (including phenoxy) is 1. The summed E-state index contributed by atoms with van der Waals surface area (Å²) in [5.74, 6) is 0.560. The van der Waals surface area contributed by atoms with Crippen LogP contribution in [0.2, 0.25) is 0 Å². The minimum absolute atomic E-state index is 0.0305. The SMILES string of the molecule is CN(CCCOc1cccc(S(C)(=O)=O)c1)C(C(=O)NC1CC1)c1ccccc1. The minimum Gasteiger partial charge on any atom is -0.494 e. The van der Waals surface area contributed by atoms with Crippen LogP contribution in [0, 0.1) is 0 Å². The molecule has 3 rings (SSSR count). The van der Waals surface area contributed by atoms with Gasteiger partial charge in [0.05, 0.1) is 11.5 Å². The zero-order chi connectivity index (χ0) is 20.9. The van der Waals surface area contributed by atoms with Crippen molar-refractivity contribution >= 4 is 15.7 Å².